The normalized spacial score (nSPS) is 29.1. The highest BCUT2D eigenvalue weighted by Crippen LogP contribution is 2.25. The Morgan fingerprint density at radius 2 is 1.94 bits per heavy atom. The molecular formula is C14H27NO. The van der Waals surface area contributed by atoms with Crippen LogP contribution >= 0.6 is 0 Å². The van der Waals surface area contributed by atoms with Crippen LogP contribution in [0.15, 0.2) is 0 Å². The molecule has 2 saturated heterocycles. The SMILES string of the molecule is CC(C)CC1CCN(CC2CCCO2)CC1. The molecular weight excluding hydrogens is 198 g/mol. The first-order chi connectivity index (χ1) is 7.74. The van der Waals surface area contributed by atoms with Crippen molar-refractivity contribution in [1.82, 2.24) is 4.90 Å². The van der Waals surface area contributed by atoms with E-state index in [0.29, 0.717) is 6.10 Å². The zero-order chi connectivity index (χ0) is 11.4. The molecule has 1 unspecified atom stereocenters. The van der Waals surface area contributed by atoms with Gasteiger partial charge in [-0.15, -0.1) is 0 Å². The Kier molecular flexibility index (Phi) is 4.66. The van der Waals surface area contributed by atoms with Gasteiger partial charge in [0.15, 0.2) is 0 Å². The molecule has 2 aliphatic heterocycles. The zero-order valence-electron chi connectivity index (χ0n) is 11.0. The summed E-state index contributed by atoms with van der Waals surface area (Å²) in [4.78, 5) is 2.62. The Bertz CT molecular complexity index is 191. The quantitative estimate of drug-likeness (QED) is 0.729. The Morgan fingerprint density at radius 1 is 1.19 bits per heavy atom. The van der Waals surface area contributed by atoms with Crippen LogP contribution in [-0.4, -0.2) is 37.2 Å². The van der Waals surface area contributed by atoms with Gasteiger partial charge in [0.2, 0.25) is 0 Å². The van der Waals surface area contributed by atoms with E-state index in [-0.39, 0.29) is 0 Å². The lowest BCUT2D eigenvalue weighted by Crippen LogP contribution is -2.38. The van der Waals surface area contributed by atoms with Crippen molar-refractivity contribution < 1.29 is 4.74 Å². The lowest BCUT2D eigenvalue weighted by molar-refractivity contribution is 0.0581. The molecule has 2 fully saturated rings. The number of nitrogens with zero attached hydrogens (tertiary/aromatic N) is 1. The molecule has 0 radical (unpaired) electrons. The zero-order valence-corrected chi connectivity index (χ0v) is 11.0. The fourth-order valence-corrected chi connectivity index (χ4v) is 3.15. The van der Waals surface area contributed by atoms with Gasteiger partial charge < -0.3 is 9.64 Å². The molecule has 2 rings (SSSR count). The minimum atomic E-state index is 0.543. The van der Waals surface area contributed by atoms with Crippen molar-refractivity contribution in [3.63, 3.8) is 0 Å². The van der Waals surface area contributed by atoms with E-state index in [1.54, 1.807) is 0 Å². The van der Waals surface area contributed by atoms with Crippen molar-refractivity contribution in [2.75, 3.05) is 26.2 Å². The summed E-state index contributed by atoms with van der Waals surface area (Å²) in [5, 5.41) is 0. The average molecular weight is 225 g/mol. The third-order valence-corrected chi connectivity index (χ3v) is 4.00. The largest absolute Gasteiger partial charge is 0.377 e. The maximum Gasteiger partial charge on any atom is 0.0702 e. The molecule has 0 amide bonds. The molecule has 94 valence electrons. The Morgan fingerprint density at radius 3 is 2.50 bits per heavy atom. The van der Waals surface area contributed by atoms with Gasteiger partial charge in [-0.2, -0.15) is 0 Å². The minimum absolute atomic E-state index is 0.543. The van der Waals surface area contributed by atoms with Gasteiger partial charge in [-0.1, -0.05) is 13.8 Å². The van der Waals surface area contributed by atoms with Crippen molar-refractivity contribution in [3.05, 3.63) is 0 Å². The molecule has 0 aromatic carbocycles. The van der Waals surface area contributed by atoms with Crippen LogP contribution in [0.4, 0.5) is 0 Å². The predicted octanol–water partition coefficient (Wildman–Crippen LogP) is 2.92. The summed E-state index contributed by atoms with van der Waals surface area (Å²) in [5.74, 6) is 1.86. The fourth-order valence-electron chi connectivity index (χ4n) is 3.15. The van der Waals surface area contributed by atoms with Crippen LogP contribution in [0, 0.1) is 11.8 Å². The van der Waals surface area contributed by atoms with Crippen molar-refractivity contribution >= 4 is 0 Å². The summed E-state index contributed by atoms with van der Waals surface area (Å²) in [6.07, 6.45) is 7.34. The van der Waals surface area contributed by atoms with Crippen LogP contribution in [0.2, 0.25) is 0 Å². The second-order valence-corrected chi connectivity index (χ2v) is 6.01. The fraction of sp³-hybridized carbons (Fsp3) is 1.00. The van der Waals surface area contributed by atoms with E-state index in [1.807, 2.05) is 0 Å². The average Bonchev–Trinajstić information content (AvgIpc) is 2.73. The molecule has 0 aromatic rings. The summed E-state index contributed by atoms with van der Waals surface area (Å²) in [6, 6.07) is 0. The highest BCUT2D eigenvalue weighted by atomic mass is 16.5. The Balaban J connectivity index is 1.64. The van der Waals surface area contributed by atoms with Gasteiger partial charge in [-0.3, -0.25) is 0 Å². The minimum Gasteiger partial charge on any atom is -0.377 e. The molecule has 0 saturated carbocycles. The molecule has 0 bridgehead atoms. The van der Waals surface area contributed by atoms with Gasteiger partial charge in [-0.05, 0) is 57.0 Å². The van der Waals surface area contributed by atoms with Gasteiger partial charge >= 0.3 is 0 Å². The van der Waals surface area contributed by atoms with Crippen LogP contribution in [0.3, 0.4) is 0 Å². The highest BCUT2D eigenvalue weighted by molar-refractivity contribution is 4.77. The van der Waals surface area contributed by atoms with E-state index in [2.05, 4.69) is 18.7 Å². The van der Waals surface area contributed by atoms with E-state index < -0.39 is 0 Å². The molecule has 0 aliphatic carbocycles. The number of hydrogen-bond acceptors (Lipinski definition) is 2. The molecule has 16 heavy (non-hydrogen) atoms. The van der Waals surface area contributed by atoms with Crippen LogP contribution in [0.25, 0.3) is 0 Å². The third kappa shape index (κ3) is 3.74. The molecule has 2 heteroatoms. The summed E-state index contributed by atoms with van der Waals surface area (Å²) in [7, 11) is 0. The van der Waals surface area contributed by atoms with Gasteiger partial charge in [0.05, 0.1) is 6.10 Å². The van der Waals surface area contributed by atoms with E-state index in [0.717, 1.165) is 18.4 Å². The number of hydrogen-bond donors (Lipinski definition) is 0. The number of likely N-dealkylation sites (tertiary alicyclic amines) is 1. The second kappa shape index (κ2) is 6.02. The van der Waals surface area contributed by atoms with Crippen molar-refractivity contribution in [2.24, 2.45) is 11.8 Å². The van der Waals surface area contributed by atoms with E-state index in [1.165, 1.54) is 51.7 Å². The third-order valence-electron chi connectivity index (χ3n) is 4.00. The van der Waals surface area contributed by atoms with Gasteiger partial charge in [0.25, 0.3) is 0 Å². The van der Waals surface area contributed by atoms with Crippen LogP contribution in [0.1, 0.15) is 46.0 Å². The molecule has 2 aliphatic rings. The maximum atomic E-state index is 5.71. The summed E-state index contributed by atoms with van der Waals surface area (Å²) >= 11 is 0. The first-order valence-electron chi connectivity index (χ1n) is 7.08. The molecule has 0 spiro atoms. The number of rotatable bonds is 4. The molecule has 1 atom stereocenters. The summed E-state index contributed by atoms with van der Waals surface area (Å²) in [5.41, 5.74) is 0. The molecule has 2 heterocycles. The van der Waals surface area contributed by atoms with E-state index >= 15 is 0 Å². The van der Waals surface area contributed by atoms with Gasteiger partial charge in [0, 0.05) is 13.2 Å². The van der Waals surface area contributed by atoms with E-state index in [9.17, 15) is 0 Å². The Hall–Kier alpha value is -0.0800. The van der Waals surface area contributed by atoms with Crippen LogP contribution in [0.5, 0.6) is 0 Å². The lowest BCUT2D eigenvalue weighted by Gasteiger charge is -2.33. The summed E-state index contributed by atoms with van der Waals surface area (Å²) in [6.45, 7) is 9.48. The highest BCUT2D eigenvalue weighted by Gasteiger charge is 2.23. The molecule has 0 N–H and O–H groups in total. The van der Waals surface area contributed by atoms with Crippen molar-refractivity contribution in [1.29, 1.82) is 0 Å². The standard InChI is InChI=1S/C14H27NO/c1-12(2)10-13-5-7-15(8-6-13)11-14-4-3-9-16-14/h12-14H,3-11H2,1-2H3. The molecule has 0 aromatic heterocycles. The Labute approximate surface area is 100 Å². The second-order valence-electron chi connectivity index (χ2n) is 6.01. The smallest absolute Gasteiger partial charge is 0.0702 e. The first kappa shape index (κ1) is 12.4. The first-order valence-corrected chi connectivity index (χ1v) is 7.08. The van der Waals surface area contributed by atoms with Crippen molar-refractivity contribution in [3.8, 4) is 0 Å². The molecule has 2 nitrogen and oxygen atoms in total. The van der Waals surface area contributed by atoms with Crippen molar-refractivity contribution in [2.45, 2.75) is 52.1 Å². The monoisotopic (exact) mass is 225 g/mol. The summed E-state index contributed by atoms with van der Waals surface area (Å²) < 4.78 is 5.71. The predicted molar refractivity (Wildman–Crippen MR) is 67.6 cm³/mol. The number of ether oxygens (including phenoxy) is 1. The topological polar surface area (TPSA) is 12.5 Å². The maximum absolute atomic E-state index is 5.71. The van der Waals surface area contributed by atoms with Gasteiger partial charge in [-0.25, -0.2) is 0 Å². The number of piperidine rings is 1. The lowest BCUT2D eigenvalue weighted by atomic mass is 9.88. The van der Waals surface area contributed by atoms with Crippen LogP contribution < -0.4 is 0 Å². The van der Waals surface area contributed by atoms with Gasteiger partial charge in [0.1, 0.15) is 0 Å². The van der Waals surface area contributed by atoms with E-state index in [4.69, 9.17) is 4.74 Å². The van der Waals surface area contributed by atoms with Crippen LogP contribution in [-0.2, 0) is 4.74 Å².